The molecule has 0 amide bonds. The Morgan fingerprint density at radius 3 is 2.44 bits per heavy atom. The Balaban J connectivity index is 2.43. The van der Waals surface area contributed by atoms with Crippen LogP contribution in [0.15, 0.2) is 30.3 Å². The Bertz CT molecular complexity index is 597. The van der Waals surface area contributed by atoms with Gasteiger partial charge in [0.1, 0.15) is 11.5 Å². The van der Waals surface area contributed by atoms with Crippen molar-refractivity contribution in [2.75, 3.05) is 11.1 Å². The largest absolute Gasteiger partial charge is 0.397 e. The van der Waals surface area contributed by atoms with Crippen molar-refractivity contribution < 1.29 is 13.2 Å². The molecule has 0 heterocycles. The number of nitrogen functional groups attached to an aromatic ring is 1. The van der Waals surface area contributed by atoms with Crippen LogP contribution in [0.2, 0.25) is 0 Å². The number of benzene rings is 2. The minimum absolute atomic E-state index is 0.0811. The van der Waals surface area contributed by atoms with Crippen LogP contribution in [-0.2, 0) is 0 Å². The molecule has 94 valence electrons. The van der Waals surface area contributed by atoms with Crippen molar-refractivity contribution in [3.8, 4) is 0 Å². The van der Waals surface area contributed by atoms with E-state index in [0.29, 0.717) is 11.3 Å². The minimum Gasteiger partial charge on any atom is -0.397 e. The van der Waals surface area contributed by atoms with Crippen molar-refractivity contribution in [1.29, 1.82) is 0 Å². The molecule has 0 bridgehead atoms. The molecule has 2 nitrogen and oxygen atoms in total. The Labute approximate surface area is 102 Å². The van der Waals surface area contributed by atoms with Crippen molar-refractivity contribution in [2.45, 2.75) is 6.92 Å². The van der Waals surface area contributed by atoms with E-state index in [9.17, 15) is 13.2 Å². The number of rotatable bonds is 2. The minimum atomic E-state index is -1.06. The topological polar surface area (TPSA) is 38.0 Å². The van der Waals surface area contributed by atoms with Crippen molar-refractivity contribution in [3.05, 3.63) is 53.3 Å². The van der Waals surface area contributed by atoms with Crippen LogP contribution in [0, 0.1) is 24.4 Å². The zero-order chi connectivity index (χ0) is 13.3. The third-order valence-corrected chi connectivity index (χ3v) is 2.58. The van der Waals surface area contributed by atoms with Gasteiger partial charge < -0.3 is 11.1 Å². The van der Waals surface area contributed by atoms with Gasteiger partial charge in [-0.25, -0.2) is 13.2 Å². The molecule has 0 aliphatic carbocycles. The van der Waals surface area contributed by atoms with Crippen molar-refractivity contribution in [3.63, 3.8) is 0 Å². The summed E-state index contributed by atoms with van der Waals surface area (Å²) in [7, 11) is 0. The fourth-order valence-electron chi connectivity index (χ4n) is 1.59. The number of hydrogen-bond donors (Lipinski definition) is 2. The third-order valence-electron chi connectivity index (χ3n) is 2.58. The Morgan fingerprint density at radius 2 is 1.78 bits per heavy atom. The SMILES string of the molecule is Cc1cc(F)ccc1Nc1c(N)ccc(F)c1F. The van der Waals surface area contributed by atoms with Crippen LogP contribution in [-0.4, -0.2) is 0 Å². The molecule has 2 rings (SSSR count). The Kier molecular flexibility index (Phi) is 3.14. The van der Waals surface area contributed by atoms with E-state index in [-0.39, 0.29) is 11.4 Å². The lowest BCUT2D eigenvalue weighted by molar-refractivity contribution is 0.512. The summed E-state index contributed by atoms with van der Waals surface area (Å²) in [5.41, 5.74) is 6.54. The van der Waals surface area contributed by atoms with Gasteiger partial charge in [0, 0.05) is 5.69 Å². The van der Waals surface area contributed by atoms with Crippen molar-refractivity contribution in [1.82, 2.24) is 0 Å². The van der Waals surface area contributed by atoms with E-state index in [2.05, 4.69) is 5.32 Å². The molecule has 0 saturated heterocycles. The second kappa shape index (κ2) is 4.60. The van der Waals surface area contributed by atoms with E-state index in [0.717, 1.165) is 6.07 Å². The number of nitrogens with two attached hydrogens (primary N) is 1. The smallest absolute Gasteiger partial charge is 0.184 e. The summed E-state index contributed by atoms with van der Waals surface area (Å²) in [4.78, 5) is 0. The molecule has 0 aliphatic heterocycles. The van der Waals surface area contributed by atoms with Crippen LogP contribution in [0.3, 0.4) is 0 Å². The fraction of sp³-hybridized carbons (Fsp3) is 0.0769. The summed E-state index contributed by atoms with van der Waals surface area (Å²) in [5.74, 6) is -2.45. The zero-order valence-corrected chi connectivity index (χ0v) is 9.60. The van der Waals surface area contributed by atoms with E-state index in [1.807, 2.05) is 0 Å². The molecule has 18 heavy (non-hydrogen) atoms. The van der Waals surface area contributed by atoms with Gasteiger partial charge in [0.15, 0.2) is 11.6 Å². The fourth-order valence-corrected chi connectivity index (χ4v) is 1.59. The number of nitrogens with one attached hydrogen (secondary N) is 1. The standard InChI is InChI=1S/C13H11F3N2/c1-7-6-8(14)2-5-11(7)18-13-10(17)4-3-9(15)12(13)16/h2-6,18H,17H2,1H3. The molecule has 2 aromatic rings. The highest BCUT2D eigenvalue weighted by atomic mass is 19.2. The van der Waals surface area contributed by atoms with E-state index in [4.69, 9.17) is 5.73 Å². The number of hydrogen-bond acceptors (Lipinski definition) is 2. The lowest BCUT2D eigenvalue weighted by atomic mass is 10.1. The summed E-state index contributed by atoms with van der Waals surface area (Å²) in [6.45, 7) is 1.65. The van der Waals surface area contributed by atoms with Gasteiger partial charge in [-0.15, -0.1) is 0 Å². The van der Waals surface area contributed by atoms with Gasteiger partial charge in [-0.3, -0.25) is 0 Å². The molecule has 0 radical (unpaired) electrons. The zero-order valence-electron chi connectivity index (χ0n) is 9.60. The highest BCUT2D eigenvalue weighted by Gasteiger charge is 2.12. The van der Waals surface area contributed by atoms with E-state index >= 15 is 0 Å². The van der Waals surface area contributed by atoms with Gasteiger partial charge in [-0.05, 0) is 42.8 Å². The summed E-state index contributed by atoms with van der Waals surface area (Å²) < 4.78 is 39.6. The average Bonchev–Trinajstić information content (AvgIpc) is 2.32. The summed E-state index contributed by atoms with van der Waals surface area (Å²) in [6, 6.07) is 6.17. The predicted molar refractivity (Wildman–Crippen MR) is 65.2 cm³/mol. The molecular weight excluding hydrogens is 241 g/mol. The van der Waals surface area contributed by atoms with Crippen LogP contribution in [0.4, 0.5) is 30.2 Å². The molecule has 0 aliphatic rings. The van der Waals surface area contributed by atoms with Gasteiger partial charge >= 0.3 is 0 Å². The molecule has 0 spiro atoms. The van der Waals surface area contributed by atoms with E-state index in [1.165, 1.54) is 24.3 Å². The quantitative estimate of drug-likeness (QED) is 0.799. The van der Waals surface area contributed by atoms with Gasteiger partial charge in [0.2, 0.25) is 0 Å². The average molecular weight is 252 g/mol. The molecule has 0 fully saturated rings. The maximum Gasteiger partial charge on any atom is 0.184 e. The second-order valence-corrected chi connectivity index (χ2v) is 3.91. The Hall–Kier alpha value is -2.17. The molecule has 2 aromatic carbocycles. The Morgan fingerprint density at radius 1 is 1.06 bits per heavy atom. The molecule has 0 saturated carbocycles. The van der Waals surface area contributed by atoms with Crippen LogP contribution in [0.5, 0.6) is 0 Å². The van der Waals surface area contributed by atoms with Crippen LogP contribution < -0.4 is 11.1 Å². The monoisotopic (exact) mass is 252 g/mol. The van der Waals surface area contributed by atoms with E-state index < -0.39 is 17.5 Å². The van der Waals surface area contributed by atoms with Crippen LogP contribution in [0.25, 0.3) is 0 Å². The first-order chi connectivity index (χ1) is 8.49. The van der Waals surface area contributed by atoms with Gasteiger partial charge in [0.25, 0.3) is 0 Å². The first-order valence-electron chi connectivity index (χ1n) is 5.25. The van der Waals surface area contributed by atoms with Crippen LogP contribution in [0.1, 0.15) is 5.56 Å². The molecule has 3 N–H and O–H groups in total. The lowest BCUT2D eigenvalue weighted by Crippen LogP contribution is -2.02. The highest BCUT2D eigenvalue weighted by molar-refractivity contribution is 5.74. The molecule has 0 aromatic heterocycles. The number of aryl methyl sites for hydroxylation is 1. The van der Waals surface area contributed by atoms with Crippen molar-refractivity contribution >= 4 is 17.1 Å². The van der Waals surface area contributed by atoms with Gasteiger partial charge in [0.05, 0.1) is 5.69 Å². The molecular formula is C13H11F3N2. The van der Waals surface area contributed by atoms with Gasteiger partial charge in [-0.1, -0.05) is 0 Å². The first kappa shape index (κ1) is 12.3. The second-order valence-electron chi connectivity index (χ2n) is 3.91. The summed E-state index contributed by atoms with van der Waals surface area (Å²) in [6.07, 6.45) is 0. The van der Waals surface area contributed by atoms with Crippen LogP contribution >= 0.6 is 0 Å². The maximum absolute atomic E-state index is 13.6. The molecule has 5 heteroatoms. The summed E-state index contributed by atoms with van der Waals surface area (Å²) >= 11 is 0. The lowest BCUT2D eigenvalue weighted by Gasteiger charge is -2.13. The maximum atomic E-state index is 13.6. The van der Waals surface area contributed by atoms with E-state index in [1.54, 1.807) is 6.92 Å². The number of halogens is 3. The normalized spacial score (nSPS) is 10.4. The molecule has 0 unspecified atom stereocenters. The highest BCUT2D eigenvalue weighted by Crippen LogP contribution is 2.29. The first-order valence-corrected chi connectivity index (χ1v) is 5.25. The predicted octanol–water partition coefficient (Wildman–Crippen LogP) is 3.74. The summed E-state index contributed by atoms with van der Waals surface area (Å²) in [5, 5.41) is 2.67. The molecule has 0 atom stereocenters. The van der Waals surface area contributed by atoms with Gasteiger partial charge in [-0.2, -0.15) is 0 Å². The third kappa shape index (κ3) is 2.25. The van der Waals surface area contributed by atoms with Crippen molar-refractivity contribution in [2.24, 2.45) is 0 Å². The number of anilines is 3.